The molecule has 0 fully saturated rings. The van der Waals surface area contributed by atoms with Gasteiger partial charge >= 0.3 is 0 Å². The van der Waals surface area contributed by atoms with E-state index in [0.717, 1.165) is 11.1 Å². The minimum atomic E-state index is -0.449. The fourth-order valence-corrected chi connectivity index (χ4v) is 1.49. The molecule has 1 aromatic heterocycles. The minimum Gasteiger partial charge on any atom is -0.359 e. The zero-order valence-electron chi connectivity index (χ0n) is 8.95. The summed E-state index contributed by atoms with van der Waals surface area (Å²) in [4.78, 5) is 2.89. The summed E-state index contributed by atoms with van der Waals surface area (Å²) < 4.78 is 13.0. The molecule has 14 heavy (non-hydrogen) atoms. The molecule has 0 radical (unpaired) electrons. The van der Waals surface area contributed by atoms with Gasteiger partial charge < -0.3 is 4.98 Å². The topological polar surface area (TPSA) is 15.8 Å². The van der Waals surface area contributed by atoms with E-state index in [-0.39, 0.29) is 5.41 Å². The Morgan fingerprint density at radius 1 is 1.50 bits per heavy atom. The quantitative estimate of drug-likeness (QED) is 0.733. The van der Waals surface area contributed by atoms with Crippen molar-refractivity contribution in [1.29, 1.82) is 0 Å². The molecule has 0 bridgehead atoms. The summed E-state index contributed by atoms with van der Waals surface area (Å²) in [5.74, 6) is -0.449. The molecule has 0 aliphatic heterocycles. The van der Waals surface area contributed by atoms with E-state index in [0.29, 0.717) is 5.69 Å². The fourth-order valence-electron chi connectivity index (χ4n) is 1.49. The first-order chi connectivity index (χ1) is 6.38. The van der Waals surface area contributed by atoms with Gasteiger partial charge in [0.05, 0.1) is 5.69 Å². The molecule has 0 aromatic carbocycles. The van der Waals surface area contributed by atoms with Gasteiger partial charge in [-0.05, 0) is 11.0 Å². The van der Waals surface area contributed by atoms with Crippen LogP contribution < -0.4 is 0 Å². The monoisotopic (exact) mass is 193 g/mol. The van der Waals surface area contributed by atoms with Gasteiger partial charge in [-0.15, -0.1) is 0 Å². The lowest BCUT2D eigenvalue weighted by Crippen LogP contribution is -2.11. The molecule has 1 rings (SSSR count). The number of hydrogen-bond acceptors (Lipinski definition) is 0. The predicted octanol–water partition coefficient (Wildman–Crippen LogP) is 3.90. The van der Waals surface area contributed by atoms with Gasteiger partial charge in [-0.2, -0.15) is 0 Å². The maximum Gasteiger partial charge on any atom is 0.140 e. The molecule has 76 valence electrons. The molecular weight excluding hydrogens is 177 g/mol. The Bertz CT molecular complexity index is 366. The van der Waals surface area contributed by atoms with E-state index in [9.17, 15) is 4.39 Å². The first kappa shape index (κ1) is 10.8. The Balaban J connectivity index is 3.35. The lowest BCUT2D eigenvalue weighted by atomic mass is 9.85. The van der Waals surface area contributed by atoms with Crippen molar-refractivity contribution in [3.8, 4) is 0 Å². The maximum atomic E-state index is 13.0. The van der Waals surface area contributed by atoms with Gasteiger partial charge in [0.1, 0.15) is 5.83 Å². The zero-order chi connectivity index (χ0) is 10.9. The van der Waals surface area contributed by atoms with Crippen LogP contribution in [0, 0.1) is 0 Å². The maximum absolute atomic E-state index is 13.0. The fraction of sp³-hybridized carbons (Fsp3) is 0.333. The van der Waals surface area contributed by atoms with Crippen molar-refractivity contribution in [3.63, 3.8) is 0 Å². The van der Waals surface area contributed by atoms with Crippen molar-refractivity contribution in [2.45, 2.75) is 26.2 Å². The molecule has 0 atom stereocenters. The van der Waals surface area contributed by atoms with E-state index in [1.807, 2.05) is 6.20 Å². The first-order valence-corrected chi connectivity index (χ1v) is 4.57. The van der Waals surface area contributed by atoms with Gasteiger partial charge in [0, 0.05) is 11.8 Å². The van der Waals surface area contributed by atoms with Gasteiger partial charge in [-0.25, -0.2) is 4.39 Å². The van der Waals surface area contributed by atoms with Crippen molar-refractivity contribution < 1.29 is 4.39 Å². The molecule has 0 amide bonds. The van der Waals surface area contributed by atoms with Crippen molar-refractivity contribution in [2.75, 3.05) is 0 Å². The standard InChI is InChI=1S/C12H16FN/c1-6-9-10(12(3,4)5)7-14-11(9)8(2)13/h6-7,14H,1-2H2,3-5H3. The summed E-state index contributed by atoms with van der Waals surface area (Å²) in [7, 11) is 0. The highest BCUT2D eigenvalue weighted by molar-refractivity contribution is 5.69. The van der Waals surface area contributed by atoms with Crippen LogP contribution >= 0.6 is 0 Å². The predicted molar refractivity (Wildman–Crippen MR) is 59.7 cm³/mol. The van der Waals surface area contributed by atoms with Crippen molar-refractivity contribution in [1.82, 2.24) is 4.98 Å². The number of aromatic nitrogens is 1. The Morgan fingerprint density at radius 2 is 2.07 bits per heavy atom. The van der Waals surface area contributed by atoms with E-state index in [1.54, 1.807) is 6.08 Å². The van der Waals surface area contributed by atoms with Crippen molar-refractivity contribution in [3.05, 3.63) is 36.2 Å². The van der Waals surface area contributed by atoms with E-state index in [1.165, 1.54) is 0 Å². The lowest BCUT2D eigenvalue weighted by Gasteiger charge is -2.18. The van der Waals surface area contributed by atoms with Crippen LogP contribution in [0.1, 0.15) is 37.6 Å². The first-order valence-electron chi connectivity index (χ1n) is 4.57. The van der Waals surface area contributed by atoms with Crippen LogP contribution in [0.15, 0.2) is 19.4 Å². The van der Waals surface area contributed by atoms with Gasteiger partial charge in [0.25, 0.3) is 0 Å². The van der Waals surface area contributed by atoms with Gasteiger partial charge in [0.2, 0.25) is 0 Å². The highest BCUT2D eigenvalue weighted by Gasteiger charge is 2.21. The van der Waals surface area contributed by atoms with Crippen LogP contribution in [0.2, 0.25) is 0 Å². The molecule has 0 saturated carbocycles. The van der Waals surface area contributed by atoms with E-state index in [4.69, 9.17) is 0 Å². The Hall–Kier alpha value is -1.31. The molecule has 0 saturated heterocycles. The summed E-state index contributed by atoms with van der Waals surface area (Å²) >= 11 is 0. The third-order valence-electron chi connectivity index (χ3n) is 2.20. The summed E-state index contributed by atoms with van der Waals surface area (Å²) in [6, 6.07) is 0. The SMILES string of the molecule is C=Cc1c(C(C)(C)C)c[nH]c1C(=C)F. The third kappa shape index (κ3) is 1.79. The molecule has 0 aliphatic carbocycles. The summed E-state index contributed by atoms with van der Waals surface area (Å²) in [6.45, 7) is 13.2. The Labute approximate surface area is 84.3 Å². The summed E-state index contributed by atoms with van der Waals surface area (Å²) in [5.41, 5.74) is 2.28. The van der Waals surface area contributed by atoms with Crippen LogP contribution in [0.5, 0.6) is 0 Å². The second-order valence-electron chi connectivity index (χ2n) is 4.35. The van der Waals surface area contributed by atoms with Crippen LogP contribution in [-0.2, 0) is 5.41 Å². The van der Waals surface area contributed by atoms with Crippen molar-refractivity contribution >= 4 is 11.9 Å². The summed E-state index contributed by atoms with van der Waals surface area (Å²) in [5, 5.41) is 0. The highest BCUT2D eigenvalue weighted by atomic mass is 19.1. The van der Waals surface area contributed by atoms with Crippen LogP contribution in [0.3, 0.4) is 0 Å². The van der Waals surface area contributed by atoms with Gasteiger partial charge in [0.15, 0.2) is 0 Å². The normalized spacial score (nSPS) is 11.4. The number of rotatable bonds is 2. The molecule has 0 aliphatic rings. The van der Waals surface area contributed by atoms with Crippen LogP contribution in [-0.4, -0.2) is 4.98 Å². The molecule has 0 unspecified atom stereocenters. The number of nitrogens with one attached hydrogen (secondary N) is 1. The largest absolute Gasteiger partial charge is 0.359 e. The number of H-pyrrole nitrogens is 1. The Kier molecular flexibility index (Phi) is 2.65. The molecule has 2 heteroatoms. The smallest absolute Gasteiger partial charge is 0.140 e. The lowest BCUT2D eigenvalue weighted by molar-refractivity contribution is 0.590. The highest BCUT2D eigenvalue weighted by Crippen LogP contribution is 2.31. The van der Waals surface area contributed by atoms with Crippen LogP contribution in [0.25, 0.3) is 11.9 Å². The average Bonchev–Trinajstić information content (AvgIpc) is 2.45. The van der Waals surface area contributed by atoms with E-state index < -0.39 is 5.83 Å². The van der Waals surface area contributed by atoms with Gasteiger partial charge in [-0.1, -0.05) is 40.0 Å². The second kappa shape index (κ2) is 3.45. The molecule has 1 N–H and O–H groups in total. The number of aromatic amines is 1. The third-order valence-corrected chi connectivity index (χ3v) is 2.20. The van der Waals surface area contributed by atoms with Gasteiger partial charge in [-0.3, -0.25) is 0 Å². The Morgan fingerprint density at radius 3 is 2.43 bits per heavy atom. The van der Waals surface area contributed by atoms with E-state index >= 15 is 0 Å². The molecule has 1 heterocycles. The molecule has 0 spiro atoms. The minimum absolute atomic E-state index is 0.0201. The molecular formula is C12H16FN. The van der Waals surface area contributed by atoms with Crippen LogP contribution in [0.4, 0.5) is 4.39 Å². The van der Waals surface area contributed by atoms with E-state index in [2.05, 4.69) is 38.9 Å². The zero-order valence-corrected chi connectivity index (χ0v) is 8.95. The number of halogens is 1. The van der Waals surface area contributed by atoms with Crippen molar-refractivity contribution in [2.24, 2.45) is 0 Å². The second-order valence-corrected chi connectivity index (χ2v) is 4.35. The molecule has 1 nitrogen and oxygen atoms in total. The number of hydrogen-bond donors (Lipinski definition) is 1. The average molecular weight is 193 g/mol. The summed E-state index contributed by atoms with van der Waals surface area (Å²) in [6.07, 6.45) is 3.48. The molecule has 1 aromatic rings.